The zero-order chi connectivity index (χ0) is 17.0. The van der Waals surface area contributed by atoms with E-state index in [1.807, 2.05) is 0 Å². The molecule has 2 rings (SSSR count). The van der Waals surface area contributed by atoms with Crippen LogP contribution in [-0.4, -0.2) is 36.6 Å². The molecule has 0 aromatic heterocycles. The second kappa shape index (κ2) is 7.61. The SMILES string of the molecule is O=C(CCN1CCCC(C(F)(F)F)C1)Nc1ccc(Br)cc1F. The zero-order valence-corrected chi connectivity index (χ0v) is 13.9. The summed E-state index contributed by atoms with van der Waals surface area (Å²) >= 11 is 3.12. The van der Waals surface area contributed by atoms with E-state index in [0.717, 1.165) is 0 Å². The number of nitrogens with zero attached hydrogens (tertiary/aromatic N) is 1. The Morgan fingerprint density at radius 2 is 2.13 bits per heavy atom. The van der Waals surface area contributed by atoms with E-state index in [4.69, 9.17) is 0 Å². The minimum atomic E-state index is -4.19. The summed E-state index contributed by atoms with van der Waals surface area (Å²) in [6.07, 6.45) is -3.56. The third-order valence-electron chi connectivity index (χ3n) is 3.83. The maximum atomic E-state index is 13.6. The van der Waals surface area contributed by atoms with Gasteiger partial charge in [0.2, 0.25) is 5.91 Å². The lowest BCUT2D eigenvalue weighted by molar-refractivity contribution is -0.186. The third-order valence-corrected chi connectivity index (χ3v) is 4.32. The standard InChI is InChI=1S/C15H17BrF4N2O/c16-11-3-4-13(12(17)8-11)21-14(23)5-7-22-6-1-2-10(9-22)15(18,19)20/h3-4,8,10H,1-2,5-7,9H2,(H,21,23). The van der Waals surface area contributed by atoms with Crippen LogP contribution in [0.1, 0.15) is 19.3 Å². The molecule has 1 aliphatic heterocycles. The van der Waals surface area contributed by atoms with Gasteiger partial charge in [-0.15, -0.1) is 0 Å². The Morgan fingerprint density at radius 1 is 1.39 bits per heavy atom. The Kier molecular flexibility index (Phi) is 6.02. The summed E-state index contributed by atoms with van der Waals surface area (Å²) < 4.78 is 52.3. The predicted molar refractivity (Wildman–Crippen MR) is 82.6 cm³/mol. The normalized spacial score (nSPS) is 19.6. The molecule has 1 saturated heterocycles. The maximum absolute atomic E-state index is 13.6. The highest BCUT2D eigenvalue weighted by Gasteiger charge is 2.41. The van der Waals surface area contributed by atoms with E-state index >= 15 is 0 Å². The highest BCUT2D eigenvalue weighted by atomic mass is 79.9. The van der Waals surface area contributed by atoms with E-state index in [9.17, 15) is 22.4 Å². The molecule has 1 fully saturated rings. The number of nitrogens with one attached hydrogen (secondary N) is 1. The number of alkyl halides is 3. The van der Waals surface area contributed by atoms with Gasteiger partial charge in [0.15, 0.2) is 0 Å². The quantitative estimate of drug-likeness (QED) is 0.773. The lowest BCUT2D eigenvalue weighted by atomic mass is 9.97. The Balaban J connectivity index is 1.82. The summed E-state index contributed by atoms with van der Waals surface area (Å²) in [6, 6.07) is 4.25. The van der Waals surface area contributed by atoms with Crippen molar-refractivity contribution >= 4 is 27.5 Å². The lowest BCUT2D eigenvalue weighted by Gasteiger charge is -2.33. The van der Waals surface area contributed by atoms with Crippen LogP contribution in [0.4, 0.5) is 23.2 Å². The molecule has 0 radical (unpaired) electrons. The van der Waals surface area contributed by atoms with Gasteiger partial charge in [0.1, 0.15) is 5.82 Å². The topological polar surface area (TPSA) is 32.3 Å². The zero-order valence-electron chi connectivity index (χ0n) is 12.3. The number of anilines is 1. The number of hydrogen-bond donors (Lipinski definition) is 1. The molecule has 1 unspecified atom stereocenters. The summed E-state index contributed by atoms with van der Waals surface area (Å²) in [5.41, 5.74) is 0.0602. The Hall–Kier alpha value is -1.15. The summed E-state index contributed by atoms with van der Waals surface area (Å²) in [6.45, 7) is 0.701. The fourth-order valence-electron chi connectivity index (χ4n) is 2.59. The monoisotopic (exact) mass is 396 g/mol. The van der Waals surface area contributed by atoms with E-state index in [1.54, 1.807) is 11.0 Å². The van der Waals surface area contributed by atoms with E-state index < -0.39 is 23.8 Å². The molecule has 0 saturated carbocycles. The number of carbonyl (C=O) groups excluding carboxylic acids is 1. The Morgan fingerprint density at radius 3 is 2.78 bits per heavy atom. The van der Waals surface area contributed by atoms with Crippen molar-refractivity contribution in [3.8, 4) is 0 Å². The van der Waals surface area contributed by atoms with Gasteiger partial charge in [-0.25, -0.2) is 4.39 Å². The molecule has 128 valence electrons. The second-order valence-electron chi connectivity index (χ2n) is 5.60. The number of rotatable bonds is 4. The average molecular weight is 397 g/mol. The Labute approximate surface area is 140 Å². The maximum Gasteiger partial charge on any atom is 0.393 e. The minimum Gasteiger partial charge on any atom is -0.324 e. The molecule has 0 bridgehead atoms. The van der Waals surface area contributed by atoms with Crippen LogP contribution in [0.2, 0.25) is 0 Å². The first kappa shape index (κ1) is 18.2. The summed E-state index contributed by atoms with van der Waals surface area (Å²) in [5.74, 6) is -2.31. The first-order chi connectivity index (χ1) is 10.8. The van der Waals surface area contributed by atoms with Crippen molar-refractivity contribution in [1.82, 2.24) is 4.90 Å². The largest absolute Gasteiger partial charge is 0.393 e. The van der Waals surface area contributed by atoms with Crippen molar-refractivity contribution in [3.05, 3.63) is 28.5 Å². The molecule has 23 heavy (non-hydrogen) atoms. The summed E-state index contributed by atoms with van der Waals surface area (Å²) in [7, 11) is 0. The fourth-order valence-corrected chi connectivity index (χ4v) is 2.92. The molecule has 1 atom stereocenters. The molecule has 3 nitrogen and oxygen atoms in total. The average Bonchev–Trinajstić information content (AvgIpc) is 2.47. The van der Waals surface area contributed by atoms with Crippen molar-refractivity contribution < 1.29 is 22.4 Å². The van der Waals surface area contributed by atoms with Crippen LogP contribution in [0.25, 0.3) is 0 Å². The number of piperidine rings is 1. The fraction of sp³-hybridized carbons (Fsp3) is 0.533. The Bertz CT molecular complexity index is 565. The van der Waals surface area contributed by atoms with Crippen molar-refractivity contribution in [2.75, 3.05) is 25.0 Å². The molecule has 1 aliphatic rings. The highest BCUT2D eigenvalue weighted by molar-refractivity contribution is 9.10. The van der Waals surface area contributed by atoms with Gasteiger partial charge in [-0.3, -0.25) is 4.79 Å². The van der Waals surface area contributed by atoms with E-state index in [-0.39, 0.29) is 31.6 Å². The predicted octanol–water partition coefficient (Wildman–Crippen LogP) is 4.19. The molecule has 1 amide bonds. The minimum absolute atomic E-state index is 0.0279. The van der Waals surface area contributed by atoms with E-state index in [0.29, 0.717) is 17.4 Å². The molecule has 0 aliphatic carbocycles. The first-order valence-electron chi connectivity index (χ1n) is 7.29. The van der Waals surface area contributed by atoms with Crippen molar-refractivity contribution in [2.24, 2.45) is 5.92 Å². The van der Waals surface area contributed by atoms with Crippen LogP contribution in [0, 0.1) is 11.7 Å². The number of amides is 1. The van der Waals surface area contributed by atoms with Crippen molar-refractivity contribution in [2.45, 2.75) is 25.4 Å². The van der Waals surface area contributed by atoms with E-state index in [2.05, 4.69) is 21.2 Å². The first-order valence-corrected chi connectivity index (χ1v) is 8.09. The number of carbonyl (C=O) groups is 1. The van der Waals surface area contributed by atoms with Gasteiger partial charge < -0.3 is 10.2 Å². The second-order valence-corrected chi connectivity index (χ2v) is 6.52. The van der Waals surface area contributed by atoms with Crippen molar-refractivity contribution in [1.29, 1.82) is 0 Å². The smallest absolute Gasteiger partial charge is 0.324 e. The van der Waals surface area contributed by atoms with Gasteiger partial charge in [0, 0.05) is 24.0 Å². The van der Waals surface area contributed by atoms with Gasteiger partial charge >= 0.3 is 6.18 Å². The van der Waals surface area contributed by atoms with Gasteiger partial charge in [0.05, 0.1) is 11.6 Å². The number of hydrogen-bond acceptors (Lipinski definition) is 2. The van der Waals surface area contributed by atoms with Crippen LogP contribution >= 0.6 is 15.9 Å². The van der Waals surface area contributed by atoms with Gasteiger partial charge in [-0.05, 0) is 37.6 Å². The van der Waals surface area contributed by atoms with Crippen molar-refractivity contribution in [3.63, 3.8) is 0 Å². The van der Waals surface area contributed by atoms with Crippen LogP contribution in [0.15, 0.2) is 22.7 Å². The van der Waals surface area contributed by atoms with Crippen LogP contribution in [0.3, 0.4) is 0 Å². The summed E-state index contributed by atoms with van der Waals surface area (Å²) in [4.78, 5) is 13.5. The van der Waals surface area contributed by atoms with E-state index in [1.165, 1.54) is 12.1 Å². The number of halogens is 5. The summed E-state index contributed by atoms with van der Waals surface area (Å²) in [5, 5.41) is 2.43. The molecule has 8 heteroatoms. The van der Waals surface area contributed by atoms with Gasteiger partial charge in [-0.1, -0.05) is 15.9 Å². The van der Waals surface area contributed by atoms with Crippen LogP contribution in [-0.2, 0) is 4.79 Å². The number of likely N-dealkylation sites (tertiary alicyclic amines) is 1. The molecule has 1 N–H and O–H groups in total. The van der Waals surface area contributed by atoms with Gasteiger partial charge in [-0.2, -0.15) is 13.2 Å². The number of benzene rings is 1. The third kappa shape index (κ3) is 5.46. The molecular weight excluding hydrogens is 380 g/mol. The molecule has 0 spiro atoms. The van der Waals surface area contributed by atoms with Crippen LogP contribution < -0.4 is 5.32 Å². The molecule has 1 heterocycles. The molecule has 1 aromatic carbocycles. The van der Waals surface area contributed by atoms with Gasteiger partial charge in [0.25, 0.3) is 0 Å². The lowest BCUT2D eigenvalue weighted by Crippen LogP contribution is -2.42. The molecule has 1 aromatic rings. The van der Waals surface area contributed by atoms with Crippen LogP contribution in [0.5, 0.6) is 0 Å². The molecular formula is C15H17BrF4N2O. The highest BCUT2D eigenvalue weighted by Crippen LogP contribution is 2.33.